The molecule has 0 aromatic heterocycles. The minimum absolute atomic E-state index is 0.230. The second-order valence-electron chi connectivity index (χ2n) is 4.24. The fourth-order valence-corrected chi connectivity index (χ4v) is 3.12. The fourth-order valence-electron chi connectivity index (χ4n) is 2.04. The van der Waals surface area contributed by atoms with Gasteiger partial charge in [0, 0.05) is 28.7 Å². The van der Waals surface area contributed by atoms with Crippen molar-refractivity contribution in [3.8, 4) is 0 Å². The number of hydrogen-bond acceptors (Lipinski definition) is 4. The molecule has 104 valence electrons. The van der Waals surface area contributed by atoms with Crippen LogP contribution in [-0.2, 0) is 21.6 Å². The summed E-state index contributed by atoms with van der Waals surface area (Å²) >= 11 is 3.23. The topological polar surface area (TPSA) is 74.7 Å². The molecule has 1 aromatic rings. The molecule has 1 saturated heterocycles. The minimum atomic E-state index is -4.74. The lowest BCUT2D eigenvalue weighted by atomic mass is 10.1. The number of nitrogens with zero attached hydrogens (tertiary/aromatic N) is 1. The number of carbonyl (C=O) groups excluding carboxylic acids is 1. The average Bonchev–Trinajstić information content (AvgIpc) is 2.71. The summed E-state index contributed by atoms with van der Waals surface area (Å²) in [6, 6.07) is 4.87. The second-order valence-corrected chi connectivity index (χ2v) is 6.77. The number of benzene rings is 1. The highest BCUT2D eigenvalue weighted by atomic mass is 79.9. The van der Waals surface area contributed by atoms with Crippen LogP contribution in [0.5, 0.6) is 0 Å². The Hall–Kier alpha value is -0.990. The summed E-state index contributed by atoms with van der Waals surface area (Å²) in [5, 5.41) is 7.93. The minimum Gasteiger partial charge on any atom is -0.392 e. The first kappa shape index (κ1) is 14.4. The lowest BCUT2D eigenvalue weighted by Gasteiger charge is -2.19. The van der Waals surface area contributed by atoms with Gasteiger partial charge in [-0.25, -0.2) is 0 Å². The highest BCUT2D eigenvalue weighted by Gasteiger charge is 2.39. The number of aliphatic hydroxyl groups excluding tert-OH is 1. The Balaban J connectivity index is 2.36. The number of aliphatic hydroxyl groups is 1. The zero-order chi connectivity index (χ0) is 14.2. The third-order valence-corrected chi connectivity index (χ3v) is 4.60. The van der Waals surface area contributed by atoms with Crippen LogP contribution in [0.1, 0.15) is 12.0 Å². The molecule has 1 fully saturated rings. The van der Waals surface area contributed by atoms with E-state index in [1.807, 2.05) is 0 Å². The lowest BCUT2D eigenvalue weighted by Crippen LogP contribution is -2.27. The average molecular weight is 352 g/mol. The van der Waals surface area contributed by atoms with Gasteiger partial charge in [0.2, 0.25) is 5.91 Å². The van der Waals surface area contributed by atoms with Crippen molar-refractivity contribution in [1.29, 1.82) is 0 Å². The van der Waals surface area contributed by atoms with Crippen molar-refractivity contribution < 1.29 is 22.2 Å². The van der Waals surface area contributed by atoms with Gasteiger partial charge in [-0.05, 0) is 18.2 Å². The molecule has 1 N–H and O–H groups in total. The molecular weight excluding hydrogens is 341 g/mol. The largest absolute Gasteiger partial charge is 0.392 e. The van der Waals surface area contributed by atoms with Crippen LogP contribution in [-0.4, -0.2) is 31.2 Å². The van der Waals surface area contributed by atoms with Crippen molar-refractivity contribution in [3.63, 3.8) is 0 Å². The molecule has 0 bridgehead atoms. The van der Waals surface area contributed by atoms with E-state index in [0.717, 1.165) is 4.47 Å². The van der Waals surface area contributed by atoms with Gasteiger partial charge >= 0.3 is 10.2 Å². The summed E-state index contributed by atoms with van der Waals surface area (Å²) in [7, 11) is -4.74. The van der Waals surface area contributed by atoms with Crippen molar-refractivity contribution in [2.75, 3.05) is 11.4 Å². The smallest absolute Gasteiger partial charge is 0.307 e. The number of halogens is 2. The Morgan fingerprint density at radius 2 is 2.16 bits per heavy atom. The fraction of sp³-hybridized carbons (Fsp3) is 0.364. The van der Waals surface area contributed by atoms with Gasteiger partial charge in [-0.3, -0.25) is 4.79 Å². The van der Waals surface area contributed by atoms with Crippen molar-refractivity contribution >= 4 is 37.7 Å². The standard InChI is InChI=1S/C11H11BrFNO4S/c12-8-1-2-10(7(3-8)6-15)14-5-9(4-11(14)16)19(13,17)18/h1-3,9,15H,4-6H2. The Labute approximate surface area is 118 Å². The molecule has 2 rings (SSSR count). The molecule has 1 aliphatic heterocycles. The van der Waals surface area contributed by atoms with Crippen LogP contribution in [0.2, 0.25) is 0 Å². The molecule has 5 nitrogen and oxygen atoms in total. The van der Waals surface area contributed by atoms with Crippen LogP contribution < -0.4 is 4.90 Å². The van der Waals surface area contributed by atoms with Crippen molar-refractivity contribution in [2.24, 2.45) is 0 Å². The Morgan fingerprint density at radius 3 is 2.68 bits per heavy atom. The van der Waals surface area contributed by atoms with E-state index < -0.39 is 21.4 Å². The van der Waals surface area contributed by atoms with E-state index in [4.69, 9.17) is 0 Å². The summed E-state index contributed by atoms with van der Waals surface area (Å²) in [4.78, 5) is 13.0. The molecular formula is C11H11BrFNO4S. The normalized spacial score (nSPS) is 20.1. The molecule has 1 atom stereocenters. The van der Waals surface area contributed by atoms with E-state index in [-0.39, 0.29) is 19.6 Å². The van der Waals surface area contributed by atoms with Gasteiger partial charge < -0.3 is 10.0 Å². The van der Waals surface area contributed by atoms with Crippen molar-refractivity contribution in [1.82, 2.24) is 0 Å². The van der Waals surface area contributed by atoms with Crippen LogP contribution >= 0.6 is 15.9 Å². The van der Waals surface area contributed by atoms with Crippen LogP contribution in [0, 0.1) is 0 Å². The second kappa shape index (κ2) is 5.18. The maximum Gasteiger partial charge on any atom is 0.307 e. The number of anilines is 1. The van der Waals surface area contributed by atoms with Crippen LogP contribution in [0.25, 0.3) is 0 Å². The first-order chi connectivity index (χ1) is 8.82. The van der Waals surface area contributed by atoms with E-state index in [1.54, 1.807) is 18.2 Å². The van der Waals surface area contributed by atoms with E-state index in [0.29, 0.717) is 11.3 Å². The number of amides is 1. The zero-order valence-corrected chi connectivity index (χ0v) is 12.1. The van der Waals surface area contributed by atoms with E-state index >= 15 is 0 Å². The van der Waals surface area contributed by atoms with Gasteiger partial charge in [0.1, 0.15) is 5.25 Å². The molecule has 0 saturated carbocycles. The predicted octanol–water partition coefficient (Wildman–Crippen LogP) is 1.35. The maximum atomic E-state index is 12.9. The summed E-state index contributed by atoms with van der Waals surface area (Å²) < 4.78 is 35.4. The maximum absolute atomic E-state index is 12.9. The summed E-state index contributed by atoms with van der Waals surface area (Å²) in [5.41, 5.74) is 0.876. The molecule has 1 aliphatic rings. The van der Waals surface area contributed by atoms with Gasteiger partial charge in [0.05, 0.1) is 6.61 Å². The van der Waals surface area contributed by atoms with Gasteiger partial charge in [0.25, 0.3) is 0 Å². The molecule has 8 heteroatoms. The highest BCUT2D eigenvalue weighted by molar-refractivity contribution is 9.10. The van der Waals surface area contributed by atoms with Crippen LogP contribution in [0.15, 0.2) is 22.7 Å². The Kier molecular flexibility index (Phi) is 3.93. The van der Waals surface area contributed by atoms with Gasteiger partial charge in [-0.2, -0.15) is 8.42 Å². The van der Waals surface area contributed by atoms with Gasteiger partial charge in [-0.15, -0.1) is 3.89 Å². The van der Waals surface area contributed by atoms with Crippen LogP contribution in [0.4, 0.5) is 9.57 Å². The third kappa shape index (κ3) is 2.96. The van der Waals surface area contributed by atoms with Crippen molar-refractivity contribution in [2.45, 2.75) is 18.3 Å². The number of rotatable bonds is 3. The first-order valence-corrected chi connectivity index (χ1v) is 7.70. The summed E-state index contributed by atoms with van der Waals surface area (Å²) in [6.07, 6.45) is -0.375. The molecule has 1 heterocycles. The Bertz CT molecular complexity index is 619. The molecule has 1 unspecified atom stereocenters. The van der Waals surface area contributed by atoms with Gasteiger partial charge in [-0.1, -0.05) is 15.9 Å². The van der Waals surface area contributed by atoms with E-state index in [1.165, 1.54) is 4.90 Å². The highest BCUT2D eigenvalue weighted by Crippen LogP contribution is 2.30. The van der Waals surface area contributed by atoms with E-state index in [9.17, 15) is 22.2 Å². The molecule has 1 aromatic carbocycles. The predicted molar refractivity (Wildman–Crippen MR) is 70.9 cm³/mol. The van der Waals surface area contributed by atoms with Gasteiger partial charge in [0.15, 0.2) is 0 Å². The molecule has 19 heavy (non-hydrogen) atoms. The van der Waals surface area contributed by atoms with E-state index in [2.05, 4.69) is 15.9 Å². The van der Waals surface area contributed by atoms with Crippen LogP contribution in [0.3, 0.4) is 0 Å². The molecule has 0 radical (unpaired) electrons. The quantitative estimate of drug-likeness (QED) is 0.834. The monoisotopic (exact) mass is 351 g/mol. The number of carbonyl (C=O) groups is 1. The molecule has 0 aliphatic carbocycles. The third-order valence-electron chi connectivity index (χ3n) is 2.99. The summed E-state index contributed by atoms with van der Waals surface area (Å²) in [6.45, 7) is -0.530. The SMILES string of the molecule is O=C1CC(S(=O)(=O)F)CN1c1ccc(Br)cc1CO. The zero-order valence-electron chi connectivity index (χ0n) is 9.71. The van der Waals surface area contributed by atoms with Crippen molar-refractivity contribution in [3.05, 3.63) is 28.2 Å². The summed E-state index contributed by atoms with van der Waals surface area (Å²) in [5.74, 6) is -0.469. The lowest BCUT2D eigenvalue weighted by molar-refractivity contribution is -0.117. The first-order valence-electron chi connectivity index (χ1n) is 5.46. The Morgan fingerprint density at radius 1 is 1.47 bits per heavy atom. The molecule has 1 amide bonds. The number of hydrogen-bond donors (Lipinski definition) is 1. The molecule has 0 spiro atoms.